The van der Waals surface area contributed by atoms with E-state index in [0.29, 0.717) is 4.79 Å². The van der Waals surface area contributed by atoms with Gasteiger partial charge in [-0.05, 0) is 72.2 Å². The zero-order valence-corrected chi connectivity index (χ0v) is 29.3. The molecular formula is C32H47ClN2OSi3. The fraction of sp³-hybridized carbons (Fsp3) is 0.438. The smallest absolute Gasteiger partial charge is 0.255 e. The second kappa shape index (κ2) is 11.4. The summed E-state index contributed by atoms with van der Waals surface area (Å²) < 4.78 is 8.03. The van der Waals surface area contributed by atoms with Crippen LogP contribution < -0.4 is 10.4 Å². The molecule has 0 amide bonds. The predicted octanol–water partition coefficient (Wildman–Crippen LogP) is 6.96. The van der Waals surface area contributed by atoms with E-state index in [0.717, 1.165) is 11.6 Å². The van der Waals surface area contributed by atoms with E-state index in [1.807, 2.05) is 12.1 Å². The van der Waals surface area contributed by atoms with Crippen LogP contribution in [-0.4, -0.2) is 62.5 Å². The van der Waals surface area contributed by atoms with Gasteiger partial charge in [0, 0.05) is 27.7 Å². The first kappa shape index (κ1) is 30.4. The summed E-state index contributed by atoms with van der Waals surface area (Å²) in [5.41, 5.74) is 4.08. The molecule has 3 atom stereocenters. The van der Waals surface area contributed by atoms with Gasteiger partial charge >= 0.3 is 0 Å². The Morgan fingerprint density at radius 2 is 1.38 bits per heavy atom. The van der Waals surface area contributed by atoms with E-state index in [4.69, 9.17) is 16.0 Å². The zero-order chi connectivity index (χ0) is 28.8. The molecule has 0 spiro atoms. The van der Waals surface area contributed by atoms with E-state index in [9.17, 15) is 0 Å². The van der Waals surface area contributed by atoms with E-state index in [-0.39, 0.29) is 12.1 Å². The third-order valence-corrected chi connectivity index (χ3v) is 28.6. The summed E-state index contributed by atoms with van der Waals surface area (Å²) in [4.78, 5) is 5.24. The van der Waals surface area contributed by atoms with E-state index >= 15 is 0 Å². The third-order valence-electron chi connectivity index (χ3n) is 8.06. The molecule has 0 N–H and O–H groups in total. The number of likely N-dealkylation sites (N-methyl/N-ethyl adjacent to an activating group) is 1. The maximum absolute atomic E-state index is 8.03. The first-order valence-electron chi connectivity index (χ1n) is 14.1. The van der Waals surface area contributed by atoms with Crippen molar-refractivity contribution >= 4 is 46.4 Å². The number of rotatable bonds is 8. The molecule has 7 heteroatoms. The van der Waals surface area contributed by atoms with Crippen molar-refractivity contribution in [2.75, 3.05) is 28.2 Å². The van der Waals surface area contributed by atoms with Gasteiger partial charge in [0.15, 0.2) is 0 Å². The zero-order valence-electron chi connectivity index (χ0n) is 25.5. The van der Waals surface area contributed by atoms with Gasteiger partial charge in [-0.2, -0.15) is 0 Å². The number of hydrogen-bond acceptors (Lipinski definition) is 3. The lowest BCUT2D eigenvalue weighted by molar-refractivity contribution is 0.0854. The summed E-state index contributed by atoms with van der Waals surface area (Å²) in [6.07, 6.45) is -0.0820. The van der Waals surface area contributed by atoms with Gasteiger partial charge in [-0.1, -0.05) is 112 Å². The molecule has 0 saturated carbocycles. The van der Waals surface area contributed by atoms with Gasteiger partial charge in [0.1, 0.15) is 0 Å². The monoisotopic (exact) mass is 594 g/mol. The first-order chi connectivity index (χ1) is 18.2. The van der Waals surface area contributed by atoms with Gasteiger partial charge in [-0.3, -0.25) is 4.90 Å². The molecule has 3 nitrogen and oxygen atoms in total. The maximum Gasteiger partial charge on any atom is 0.255 e. The summed E-state index contributed by atoms with van der Waals surface area (Å²) in [5.74, 6) is 0. The Hall–Kier alpha value is -1.52. The number of benzene rings is 3. The van der Waals surface area contributed by atoms with E-state index in [1.165, 1.54) is 27.1 Å². The summed E-state index contributed by atoms with van der Waals surface area (Å²) in [6.45, 7) is 16.4. The van der Waals surface area contributed by atoms with E-state index < -0.39 is 24.5 Å². The van der Waals surface area contributed by atoms with Crippen molar-refractivity contribution in [3.8, 4) is 0 Å². The molecular weight excluding hydrogens is 548 g/mol. The van der Waals surface area contributed by atoms with Crippen molar-refractivity contribution in [3.05, 3.63) is 94.5 Å². The molecule has 0 radical (unpaired) electrons. The van der Waals surface area contributed by atoms with Crippen LogP contribution in [-0.2, 0) is 11.0 Å². The molecule has 210 valence electrons. The highest BCUT2D eigenvalue weighted by Crippen LogP contribution is 2.50. The highest BCUT2D eigenvalue weighted by molar-refractivity contribution is 7.19. The lowest BCUT2D eigenvalue weighted by Gasteiger charge is -2.56. The predicted molar refractivity (Wildman–Crippen MR) is 177 cm³/mol. The normalized spacial score (nSPS) is 22.0. The topological polar surface area (TPSA) is 15.7 Å². The minimum atomic E-state index is -2.80. The molecule has 1 heterocycles. The Kier molecular flexibility index (Phi) is 8.89. The SMILES string of the molecule is CN(C)Cc1cccc2c1[Si](c1ccccc1)(C([Si](C)(C)C)[Si](C)(C)C)OC(c1ccc(Cl)cc1)C2N(C)C. The van der Waals surface area contributed by atoms with Crippen LogP contribution in [0.2, 0.25) is 49.1 Å². The number of hydrogen-bond donors (Lipinski definition) is 0. The molecule has 1 aliphatic rings. The van der Waals surface area contributed by atoms with Crippen LogP contribution in [0, 0.1) is 0 Å². The molecule has 0 aromatic heterocycles. The van der Waals surface area contributed by atoms with Crippen molar-refractivity contribution in [1.82, 2.24) is 9.80 Å². The molecule has 0 aliphatic carbocycles. The average Bonchev–Trinajstić information content (AvgIpc) is 2.82. The molecule has 0 saturated heterocycles. The Balaban J connectivity index is 2.20. The van der Waals surface area contributed by atoms with Gasteiger partial charge in [0.05, 0.1) is 12.1 Å². The summed E-state index contributed by atoms with van der Waals surface area (Å²) in [5, 5.41) is 3.71. The lowest BCUT2D eigenvalue weighted by atomic mass is 9.93. The van der Waals surface area contributed by atoms with Crippen molar-refractivity contribution in [2.24, 2.45) is 0 Å². The number of halogens is 1. The van der Waals surface area contributed by atoms with Gasteiger partial charge < -0.3 is 9.33 Å². The van der Waals surface area contributed by atoms with Crippen LogP contribution in [0.5, 0.6) is 0 Å². The van der Waals surface area contributed by atoms with Gasteiger partial charge in [0.2, 0.25) is 0 Å². The summed E-state index contributed by atoms with van der Waals surface area (Å²) in [7, 11) is 2.50. The molecule has 0 fully saturated rings. The van der Waals surface area contributed by atoms with Crippen LogP contribution in [0.3, 0.4) is 0 Å². The molecule has 0 bridgehead atoms. The van der Waals surface area contributed by atoms with Gasteiger partial charge in [-0.25, -0.2) is 0 Å². The average molecular weight is 595 g/mol. The van der Waals surface area contributed by atoms with Crippen LogP contribution in [0.15, 0.2) is 72.8 Å². The van der Waals surface area contributed by atoms with Crippen LogP contribution in [0.1, 0.15) is 28.8 Å². The van der Waals surface area contributed by atoms with Crippen molar-refractivity contribution in [1.29, 1.82) is 0 Å². The van der Waals surface area contributed by atoms with Crippen LogP contribution in [0.25, 0.3) is 0 Å². The Bertz CT molecular complexity index is 1260. The van der Waals surface area contributed by atoms with E-state index in [1.54, 1.807) is 0 Å². The molecule has 1 aliphatic heterocycles. The Morgan fingerprint density at radius 3 is 1.90 bits per heavy atom. The fourth-order valence-electron chi connectivity index (χ4n) is 7.53. The largest absolute Gasteiger partial charge is 0.399 e. The van der Waals surface area contributed by atoms with Crippen LogP contribution in [0.4, 0.5) is 0 Å². The first-order valence-corrected chi connectivity index (χ1v) is 23.6. The van der Waals surface area contributed by atoms with Crippen molar-refractivity contribution < 1.29 is 4.43 Å². The maximum atomic E-state index is 8.03. The molecule has 3 unspecified atom stereocenters. The standard InChI is InChI=1S/C32H47ClN2OSi3/c1-34(2)23-25-15-14-18-28-29(35(3)4)30(24-19-21-26(33)22-20-24)36-39(31(25)28,27-16-12-11-13-17-27)32(37(5,6)7)38(8,9)10/h11-22,29-30,32H,23H2,1-10H3. The summed E-state index contributed by atoms with van der Waals surface area (Å²) >= 11 is 6.39. The second-order valence-electron chi connectivity index (χ2n) is 13.9. The fourth-order valence-corrected chi connectivity index (χ4v) is 34.0. The Labute approximate surface area is 245 Å². The highest BCUT2D eigenvalue weighted by Gasteiger charge is 2.62. The Morgan fingerprint density at radius 1 is 0.795 bits per heavy atom. The second-order valence-corrected chi connectivity index (χ2v) is 30.0. The minimum Gasteiger partial charge on any atom is -0.399 e. The van der Waals surface area contributed by atoms with Gasteiger partial charge in [-0.15, -0.1) is 0 Å². The third kappa shape index (κ3) is 5.94. The number of nitrogens with zero attached hydrogens (tertiary/aromatic N) is 2. The molecule has 39 heavy (non-hydrogen) atoms. The van der Waals surface area contributed by atoms with Crippen molar-refractivity contribution in [3.63, 3.8) is 0 Å². The van der Waals surface area contributed by atoms with Gasteiger partial charge in [0.25, 0.3) is 8.32 Å². The van der Waals surface area contributed by atoms with Crippen molar-refractivity contribution in [2.45, 2.75) is 62.8 Å². The highest BCUT2D eigenvalue weighted by atomic mass is 35.5. The molecule has 3 aromatic carbocycles. The quantitative estimate of drug-likeness (QED) is 0.262. The lowest BCUT2D eigenvalue weighted by Crippen LogP contribution is -2.76. The van der Waals surface area contributed by atoms with E-state index in [2.05, 4.69) is 138 Å². The minimum absolute atomic E-state index is 0.0820. The number of fused-ring (bicyclic) bond motifs is 1. The molecule has 3 aromatic rings. The van der Waals surface area contributed by atoms with Crippen LogP contribution >= 0.6 is 11.6 Å². The molecule has 4 rings (SSSR count). The summed E-state index contributed by atoms with van der Waals surface area (Å²) in [6, 6.07) is 26.9.